The van der Waals surface area contributed by atoms with Crippen LogP contribution in [-0.2, 0) is 28.4 Å². The van der Waals surface area contributed by atoms with Crippen LogP contribution in [0.15, 0.2) is 53.9 Å². The number of carbonyl (C=O) groups excluding carboxylic acids is 3. The number of allylic oxidation sites excluding steroid dienone is 2. The lowest BCUT2D eigenvalue weighted by molar-refractivity contribution is -0.141. The number of alkyl halides is 3. The number of imide groups is 1. The average Bonchev–Trinajstić information content (AvgIpc) is 3.73. The van der Waals surface area contributed by atoms with E-state index in [9.17, 15) is 37.5 Å². The highest BCUT2D eigenvalue weighted by Gasteiger charge is 2.46. The van der Waals surface area contributed by atoms with Crippen LogP contribution in [0.5, 0.6) is 0 Å². The van der Waals surface area contributed by atoms with Crippen LogP contribution in [0.3, 0.4) is 0 Å². The molecule has 3 aromatic heterocycles. The summed E-state index contributed by atoms with van der Waals surface area (Å²) in [5, 5.41) is 20.8. The number of aromatic nitrogens is 4. The van der Waals surface area contributed by atoms with E-state index in [1.165, 1.54) is 10.6 Å². The highest BCUT2D eigenvalue weighted by molar-refractivity contribution is 7.18. The van der Waals surface area contributed by atoms with E-state index in [1.807, 2.05) is 13.0 Å². The van der Waals surface area contributed by atoms with Crippen molar-refractivity contribution < 1.29 is 32.7 Å². The summed E-state index contributed by atoms with van der Waals surface area (Å²) < 4.78 is 43.8. The Morgan fingerprint density at radius 3 is 2.43 bits per heavy atom. The second-order valence-electron chi connectivity index (χ2n) is 18.5. The number of hydrogen-bond acceptors (Lipinski definition) is 10. The van der Waals surface area contributed by atoms with Crippen LogP contribution in [-0.4, -0.2) is 72.5 Å². The Morgan fingerprint density at radius 1 is 1.06 bits per heavy atom. The number of anilines is 1. The van der Waals surface area contributed by atoms with Crippen molar-refractivity contribution in [3.05, 3.63) is 92.9 Å². The van der Waals surface area contributed by atoms with Gasteiger partial charge in [0.05, 0.1) is 32.2 Å². The molecule has 1 aromatic carbocycles. The van der Waals surface area contributed by atoms with E-state index in [1.54, 1.807) is 55.0 Å². The van der Waals surface area contributed by atoms with Gasteiger partial charge in [-0.2, -0.15) is 13.2 Å². The summed E-state index contributed by atoms with van der Waals surface area (Å²) >= 11 is 1.55. The lowest BCUT2D eigenvalue weighted by Crippen LogP contribution is -2.53. The topological polar surface area (TPSA) is 163 Å². The molecule has 63 heavy (non-hydrogen) atoms. The SMILES string of the molecule is C=C/C=C(/NC1CC2(CCN(C[C@H]3CC[C@H](c4nc5cc(C(C)(C)O)c(NC(=O)c6cccc(C(F)(F)F)n6)cc5s4)CC3)CC2)C1)c1c(C)n(C2CCC(=O)NC2=O)c(=O)n1C. The minimum atomic E-state index is -4.69. The first-order valence-electron chi connectivity index (χ1n) is 21.8. The van der Waals surface area contributed by atoms with Gasteiger partial charge in [-0.25, -0.2) is 14.8 Å². The van der Waals surface area contributed by atoms with E-state index < -0.39 is 35.3 Å². The van der Waals surface area contributed by atoms with Crippen molar-refractivity contribution in [2.24, 2.45) is 18.4 Å². The highest BCUT2D eigenvalue weighted by atomic mass is 32.1. The molecule has 0 bridgehead atoms. The van der Waals surface area contributed by atoms with Crippen LogP contribution in [0, 0.1) is 18.3 Å². The first-order valence-corrected chi connectivity index (χ1v) is 22.6. The third kappa shape index (κ3) is 9.14. The van der Waals surface area contributed by atoms with E-state index in [0.717, 1.165) is 98.5 Å². The molecule has 4 fully saturated rings. The lowest BCUT2D eigenvalue weighted by atomic mass is 9.60. The number of rotatable bonds is 11. The molecule has 0 radical (unpaired) electrons. The number of thiazole rings is 1. The Balaban J connectivity index is 0.838. The maximum atomic E-state index is 13.4. The van der Waals surface area contributed by atoms with Gasteiger partial charge >= 0.3 is 11.9 Å². The van der Waals surface area contributed by atoms with Gasteiger partial charge in [0, 0.05) is 48.9 Å². The normalized spacial score (nSPS) is 22.5. The number of benzene rings is 1. The molecule has 1 spiro atoms. The number of likely N-dealkylation sites (tertiary alicyclic amines) is 1. The molecule has 13 nitrogen and oxygen atoms in total. The summed E-state index contributed by atoms with van der Waals surface area (Å²) in [5.41, 5.74) is 0.695. The number of hydrogen-bond donors (Lipinski definition) is 4. The minimum Gasteiger partial charge on any atom is -0.386 e. The van der Waals surface area contributed by atoms with Crippen molar-refractivity contribution in [2.45, 2.75) is 115 Å². The Labute approximate surface area is 367 Å². The molecule has 5 heterocycles. The molecular weight excluding hydrogens is 834 g/mol. The number of nitrogens with zero attached hydrogens (tertiary/aromatic N) is 5. The Kier molecular flexibility index (Phi) is 12.1. The molecular formula is C46H55F3N8O5S. The van der Waals surface area contributed by atoms with Gasteiger partial charge in [0.25, 0.3) is 5.91 Å². The average molecular weight is 889 g/mol. The van der Waals surface area contributed by atoms with Gasteiger partial charge in [0.1, 0.15) is 17.4 Å². The number of fused-ring (bicyclic) bond motifs is 1. The van der Waals surface area contributed by atoms with Crippen LogP contribution in [0.4, 0.5) is 18.9 Å². The van der Waals surface area contributed by atoms with Gasteiger partial charge in [0.15, 0.2) is 0 Å². The highest BCUT2D eigenvalue weighted by Crippen LogP contribution is 2.50. The Morgan fingerprint density at radius 2 is 1.78 bits per heavy atom. The van der Waals surface area contributed by atoms with Crippen molar-refractivity contribution in [2.75, 3.05) is 25.0 Å². The van der Waals surface area contributed by atoms with Crippen LogP contribution in [0.25, 0.3) is 15.9 Å². The fraction of sp³-hybridized carbons (Fsp3) is 0.522. The molecule has 2 aliphatic carbocycles. The van der Waals surface area contributed by atoms with E-state index >= 15 is 0 Å². The summed E-state index contributed by atoms with van der Waals surface area (Å²) in [6, 6.07) is 6.20. The van der Waals surface area contributed by atoms with E-state index in [0.29, 0.717) is 45.4 Å². The summed E-state index contributed by atoms with van der Waals surface area (Å²) in [6.45, 7) is 12.1. The fourth-order valence-electron chi connectivity index (χ4n) is 10.3. The zero-order valence-electron chi connectivity index (χ0n) is 36.1. The van der Waals surface area contributed by atoms with Crippen molar-refractivity contribution >= 4 is 50.7 Å². The smallest absolute Gasteiger partial charge is 0.386 e. The van der Waals surface area contributed by atoms with Gasteiger partial charge in [-0.05, 0) is 133 Å². The fourth-order valence-corrected chi connectivity index (χ4v) is 11.5. The van der Waals surface area contributed by atoms with Gasteiger partial charge in [-0.15, -0.1) is 11.3 Å². The van der Waals surface area contributed by atoms with Crippen LogP contribution in [0.2, 0.25) is 0 Å². The quantitative estimate of drug-likeness (QED) is 0.0894. The third-order valence-electron chi connectivity index (χ3n) is 13.7. The van der Waals surface area contributed by atoms with E-state index in [2.05, 4.69) is 32.4 Å². The molecule has 2 aliphatic heterocycles. The molecule has 1 atom stereocenters. The molecule has 336 valence electrons. The molecule has 1 unspecified atom stereocenters. The standard InChI is InChI=1S/C46H55F3N8O5S/c1-6-8-31(39-26(2)57(43(61)55(39)5)35-15-16-38(58)54-41(35)60)50-29-23-45(24-29)17-19-56(20-18-45)25-27-11-13-28(14-12-27)42-53-34-21-30(44(3,4)62)33(22-36(34)63-42)52-40(59)32-9-7-10-37(51-32)46(47,48)49/h6-10,21-22,27-29,35,50,62H,1,11-20,23-25H2,2-5H3,(H,52,59)(H,54,58,60)/b31-8+/t27-,28-,35?. The van der Waals surface area contributed by atoms with E-state index in [-0.39, 0.29) is 36.2 Å². The molecule has 4 N–H and O–H groups in total. The number of amides is 3. The van der Waals surface area contributed by atoms with Gasteiger partial charge in [-0.3, -0.25) is 28.8 Å². The minimum absolute atomic E-state index is 0.190. The summed E-state index contributed by atoms with van der Waals surface area (Å²) in [5.74, 6) is -0.683. The largest absolute Gasteiger partial charge is 0.433 e. The Hall–Kier alpha value is -5.13. The zero-order chi connectivity index (χ0) is 45.0. The molecule has 3 amide bonds. The predicted octanol–water partition coefficient (Wildman–Crippen LogP) is 7.31. The number of pyridine rings is 1. The van der Waals surface area contributed by atoms with Crippen molar-refractivity contribution in [1.29, 1.82) is 0 Å². The van der Waals surface area contributed by atoms with Gasteiger partial charge in [0.2, 0.25) is 11.8 Å². The number of nitrogens with one attached hydrogen (secondary N) is 3. The number of imidazole rings is 1. The second kappa shape index (κ2) is 17.1. The van der Waals surface area contributed by atoms with Crippen LogP contribution < -0.4 is 21.6 Å². The van der Waals surface area contributed by atoms with Crippen molar-refractivity contribution in [3.63, 3.8) is 0 Å². The number of carbonyl (C=O) groups is 3. The maximum Gasteiger partial charge on any atom is 0.433 e. The molecule has 4 aliphatic rings. The number of piperidine rings is 2. The number of aliphatic hydroxyl groups is 1. The summed E-state index contributed by atoms with van der Waals surface area (Å²) in [7, 11) is 1.71. The maximum absolute atomic E-state index is 13.4. The zero-order valence-corrected chi connectivity index (χ0v) is 36.9. The van der Waals surface area contributed by atoms with E-state index in [4.69, 9.17) is 4.98 Å². The van der Waals surface area contributed by atoms with Crippen LogP contribution in [0.1, 0.15) is 128 Å². The van der Waals surface area contributed by atoms with Crippen molar-refractivity contribution in [1.82, 2.24) is 34.6 Å². The summed E-state index contributed by atoms with van der Waals surface area (Å²) in [6.07, 6.45) is 7.97. The Bertz CT molecular complexity index is 2530. The molecule has 4 aromatic rings. The van der Waals surface area contributed by atoms with Gasteiger partial charge in [-0.1, -0.05) is 18.7 Å². The molecule has 8 rings (SSSR count). The second-order valence-corrected chi connectivity index (χ2v) is 19.6. The van der Waals surface area contributed by atoms with Crippen molar-refractivity contribution in [3.8, 4) is 0 Å². The predicted molar refractivity (Wildman–Crippen MR) is 235 cm³/mol. The lowest BCUT2D eigenvalue weighted by Gasteiger charge is -2.53. The first-order chi connectivity index (χ1) is 29.8. The van der Waals surface area contributed by atoms with Crippen LogP contribution >= 0.6 is 11.3 Å². The number of halogens is 3. The molecule has 2 saturated carbocycles. The molecule has 17 heteroatoms. The summed E-state index contributed by atoms with van der Waals surface area (Å²) in [4.78, 5) is 62.1. The first kappa shape index (κ1) is 44.5. The molecule has 2 saturated heterocycles. The monoisotopic (exact) mass is 888 g/mol. The third-order valence-corrected chi connectivity index (χ3v) is 14.8. The van der Waals surface area contributed by atoms with Gasteiger partial charge < -0.3 is 20.6 Å².